The van der Waals surface area contributed by atoms with Gasteiger partial charge in [0.25, 0.3) is 0 Å². The normalized spacial score (nSPS) is 15.2. The average molecular weight is 310 g/mol. The third kappa shape index (κ3) is 5.10. The first-order valence-corrected chi connectivity index (χ1v) is 7.32. The van der Waals surface area contributed by atoms with Gasteiger partial charge < -0.3 is 4.74 Å². The van der Waals surface area contributed by atoms with E-state index in [0.717, 1.165) is 25.7 Å². The summed E-state index contributed by atoms with van der Waals surface area (Å²) in [4.78, 5) is 11.9. The van der Waals surface area contributed by atoms with Gasteiger partial charge in [0, 0.05) is 18.8 Å². The lowest BCUT2D eigenvalue weighted by Gasteiger charge is -2.09. The fraction of sp³-hybridized carbons (Fsp3) is 0.471. The van der Waals surface area contributed by atoms with Crippen molar-refractivity contribution in [1.82, 2.24) is 0 Å². The summed E-state index contributed by atoms with van der Waals surface area (Å²) in [6, 6.07) is 5.74. The zero-order valence-electron chi connectivity index (χ0n) is 12.1. The highest BCUT2D eigenvalue weighted by Crippen LogP contribution is 2.27. The molecule has 2 rings (SSSR count). The van der Waals surface area contributed by atoms with E-state index in [1.54, 1.807) is 6.07 Å². The average Bonchev–Trinajstić information content (AvgIpc) is 2.97. The maximum absolute atomic E-state index is 12.3. The maximum atomic E-state index is 12.3. The van der Waals surface area contributed by atoms with Gasteiger partial charge in [0.15, 0.2) is 0 Å². The van der Waals surface area contributed by atoms with Crippen molar-refractivity contribution in [2.75, 3.05) is 0 Å². The predicted octanol–water partition coefficient (Wildman–Crippen LogP) is 4.48. The standard InChI is InChI=1S/C17H17F3O2/c18-17(19,20)22-16-12-6-4-10-14(16)9-3-5-11-15(21)13-7-1-2-8-13/h4,6,10,12-13H,1-2,5,7-8,11H2. The van der Waals surface area contributed by atoms with Crippen molar-refractivity contribution in [2.45, 2.75) is 44.9 Å². The number of benzene rings is 1. The van der Waals surface area contributed by atoms with Crippen LogP contribution in [-0.4, -0.2) is 12.1 Å². The molecule has 1 saturated carbocycles. The van der Waals surface area contributed by atoms with Crippen LogP contribution >= 0.6 is 0 Å². The third-order valence-electron chi connectivity index (χ3n) is 3.64. The number of ketones is 1. The van der Waals surface area contributed by atoms with E-state index in [0.29, 0.717) is 12.8 Å². The van der Waals surface area contributed by atoms with Gasteiger partial charge >= 0.3 is 6.36 Å². The fourth-order valence-corrected chi connectivity index (χ4v) is 2.58. The summed E-state index contributed by atoms with van der Waals surface area (Å²) in [5, 5.41) is 0. The van der Waals surface area contributed by atoms with Crippen LogP contribution in [0.1, 0.15) is 44.1 Å². The number of hydrogen-bond donors (Lipinski definition) is 0. The molecule has 1 aromatic rings. The summed E-state index contributed by atoms with van der Waals surface area (Å²) in [6.07, 6.45) is 0.0867. The van der Waals surface area contributed by atoms with Crippen LogP contribution in [0, 0.1) is 17.8 Å². The quantitative estimate of drug-likeness (QED) is 0.767. The number of carbonyl (C=O) groups is 1. The number of alkyl halides is 3. The molecule has 0 heterocycles. The molecule has 22 heavy (non-hydrogen) atoms. The van der Waals surface area contributed by atoms with E-state index in [9.17, 15) is 18.0 Å². The second-order valence-corrected chi connectivity index (χ2v) is 5.29. The second-order valence-electron chi connectivity index (χ2n) is 5.29. The minimum Gasteiger partial charge on any atom is -0.404 e. The second kappa shape index (κ2) is 7.35. The van der Waals surface area contributed by atoms with Crippen LogP contribution in [0.25, 0.3) is 0 Å². The number of carbonyl (C=O) groups excluding carboxylic acids is 1. The Labute approximate surface area is 127 Å². The smallest absolute Gasteiger partial charge is 0.404 e. The monoisotopic (exact) mass is 310 g/mol. The molecule has 0 unspecified atom stereocenters. The molecule has 5 heteroatoms. The highest BCUT2D eigenvalue weighted by molar-refractivity contribution is 5.81. The number of para-hydroxylation sites is 1. The number of rotatable bonds is 4. The van der Waals surface area contributed by atoms with Gasteiger partial charge in [-0.25, -0.2) is 0 Å². The van der Waals surface area contributed by atoms with E-state index in [-0.39, 0.29) is 23.0 Å². The lowest BCUT2D eigenvalue weighted by molar-refractivity contribution is -0.274. The van der Waals surface area contributed by atoms with Gasteiger partial charge in [-0.1, -0.05) is 36.8 Å². The van der Waals surface area contributed by atoms with Gasteiger partial charge in [0.05, 0.1) is 5.56 Å². The lowest BCUT2D eigenvalue weighted by atomic mass is 9.99. The van der Waals surface area contributed by atoms with Crippen molar-refractivity contribution in [3.63, 3.8) is 0 Å². The Morgan fingerprint density at radius 1 is 1.23 bits per heavy atom. The summed E-state index contributed by atoms with van der Waals surface area (Å²) >= 11 is 0. The topological polar surface area (TPSA) is 26.3 Å². The van der Waals surface area contributed by atoms with Crippen molar-refractivity contribution >= 4 is 5.78 Å². The van der Waals surface area contributed by atoms with E-state index in [1.807, 2.05) is 0 Å². The van der Waals surface area contributed by atoms with Crippen LogP contribution in [0.4, 0.5) is 13.2 Å². The molecule has 2 nitrogen and oxygen atoms in total. The summed E-state index contributed by atoms with van der Waals surface area (Å²) < 4.78 is 40.7. The van der Waals surface area contributed by atoms with E-state index in [4.69, 9.17) is 0 Å². The van der Waals surface area contributed by atoms with Crippen LogP contribution < -0.4 is 4.74 Å². The molecule has 0 bridgehead atoms. The maximum Gasteiger partial charge on any atom is 0.573 e. The molecule has 0 aliphatic heterocycles. The van der Waals surface area contributed by atoms with Crippen molar-refractivity contribution in [1.29, 1.82) is 0 Å². The van der Waals surface area contributed by atoms with E-state index < -0.39 is 6.36 Å². The Kier molecular flexibility index (Phi) is 5.48. The molecular weight excluding hydrogens is 293 g/mol. The Hall–Kier alpha value is -1.96. The summed E-state index contributed by atoms with van der Waals surface area (Å²) in [5.41, 5.74) is 0.174. The van der Waals surface area contributed by atoms with Crippen molar-refractivity contribution in [3.05, 3.63) is 29.8 Å². The molecule has 1 fully saturated rings. The first kappa shape index (κ1) is 16.4. The summed E-state index contributed by atoms with van der Waals surface area (Å²) in [6.45, 7) is 0. The van der Waals surface area contributed by atoms with Crippen molar-refractivity contribution < 1.29 is 22.7 Å². The van der Waals surface area contributed by atoms with Gasteiger partial charge in [-0.2, -0.15) is 0 Å². The molecule has 0 atom stereocenters. The first-order chi connectivity index (χ1) is 10.5. The van der Waals surface area contributed by atoms with Gasteiger partial charge in [0.1, 0.15) is 11.5 Å². The van der Waals surface area contributed by atoms with Gasteiger partial charge in [-0.3, -0.25) is 4.79 Å². The molecule has 0 spiro atoms. The molecule has 118 valence electrons. The highest BCUT2D eigenvalue weighted by Gasteiger charge is 2.31. The molecule has 0 saturated heterocycles. The summed E-state index contributed by atoms with van der Waals surface area (Å²) in [5.74, 6) is 5.47. The zero-order chi connectivity index (χ0) is 16.0. The molecule has 0 aromatic heterocycles. The van der Waals surface area contributed by atoms with Gasteiger partial charge in [-0.05, 0) is 25.0 Å². The largest absolute Gasteiger partial charge is 0.573 e. The minimum atomic E-state index is -4.74. The van der Waals surface area contributed by atoms with Gasteiger partial charge in [-0.15, -0.1) is 13.2 Å². The highest BCUT2D eigenvalue weighted by atomic mass is 19.4. The van der Waals surface area contributed by atoms with E-state index in [1.165, 1.54) is 18.2 Å². The van der Waals surface area contributed by atoms with Crippen LogP contribution in [0.2, 0.25) is 0 Å². The van der Waals surface area contributed by atoms with Crippen LogP contribution in [-0.2, 0) is 4.79 Å². The van der Waals surface area contributed by atoms with Crippen LogP contribution in [0.3, 0.4) is 0 Å². The Morgan fingerprint density at radius 2 is 1.91 bits per heavy atom. The molecule has 0 radical (unpaired) electrons. The Balaban J connectivity index is 1.92. The SMILES string of the molecule is O=C(CCC#Cc1ccccc1OC(F)(F)F)C1CCCC1. The third-order valence-corrected chi connectivity index (χ3v) is 3.64. The lowest BCUT2D eigenvalue weighted by Crippen LogP contribution is -2.17. The molecule has 0 N–H and O–H groups in total. The van der Waals surface area contributed by atoms with Gasteiger partial charge in [0.2, 0.25) is 0 Å². The molecule has 0 amide bonds. The Morgan fingerprint density at radius 3 is 2.59 bits per heavy atom. The fourth-order valence-electron chi connectivity index (χ4n) is 2.58. The minimum absolute atomic E-state index is 0.155. The zero-order valence-corrected chi connectivity index (χ0v) is 12.1. The molecule has 1 aliphatic carbocycles. The number of hydrogen-bond acceptors (Lipinski definition) is 2. The summed E-state index contributed by atoms with van der Waals surface area (Å²) in [7, 11) is 0. The molecular formula is C17H17F3O2. The molecule has 1 aromatic carbocycles. The van der Waals surface area contributed by atoms with Crippen LogP contribution in [0.5, 0.6) is 5.75 Å². The number of halogens is 3. The van der Waals surface area contributed by atoms with E-state index >= 15 is 0 Å². The predicted molar refractivity (Wildman–Crippen MR) is 76.2 cm³/mol. The van der Waals surface area contributed by atoms with Crippen molar-refractivity contribution in [3.8, 4) is 17.6 Å². The van der Waals surface area contributed by atoms with Crippen molar-refractivity contribution in [2.24, 2.45) is 5.92 Å². The molecule has 1 aliphatic rings. The number of Topliss-reactive ketones (excluding diaryl/α,β-unsaturated/α-hetero) is 1. The first-order valence-electron chi connectivity index (χ1n) is 7.32. The van der Waals surface area contributed by atoms with Crippen LogP contribution in [0.15, 0.2) is 24.3 Å². The Bertz CT molecular complexity index is 576. The van der Waals surface area contributed by atoms with E-state index in [2.05, 4.69) is 16.6 Å². The number of ether oxygens (including phenoxy) is 1.